The Morgan fingerprint density at radius 3 is 2.90 bits per heavy atom. The zero-order valence-corrected chi connectivity index (χ0v) is 13.1. The number of imidazole rings is 1. The highest BCUT2D eigenvalue weighted by atomic mass is 32.2. The molecule has 0 aromatic carbocycles. The second-order valence-corrected chi connectivity index (χ2v) is 7.43. The number of aromatic nitrogens is 2. The molecule has 21 heavy (non-hydrogen) atoms. The van der Waals surface area contributed by atoms with Gasteiger partial charge in [-0.3, -0.25) is 4.79 Å². The van der Waals surface area contributed by atoms with Crippen molar-refractivity contribution in [2.75, 3.05) is 0 Å². The number of rotatable bonds is 6. The fourth-order valence-corrected chi connectivity index (χ4v) is 3.29. The molecule has 2 rings (SSSR count). The first kappa shape index (κ1) is 15.8. The van der Waals surface area contributed by atoms with Crippen molar-refractivity contribution in [3.05, 3.63) is 24.7 Å². The lowest BCUT2D eigenvalue weighted by Crippen LogP contribution is -2.31. The molecule has 1 aliphatic rings. The number of nitrogens with one attached hydrogen (secondary N) is 1. The van der Waals surface area contributed by atoms with Crippen LogP contribution >= 0.6 is 0 Å². The van der Waals surface area contributed by atoms with Crippen LogP contribution in [0.5, 0.6) is 0 Å². The van der Waals surface area contributed by atoms with Crippen molar-refractivity contribution in [3.8, 4) is 0 Å². The Labute approximate surface area is 125 Å². The average molecular weight is 311 g/mol. The Morgan fingerprint density at radius 1 is 1.52 bits per heavy atom. The van der Waals surface area contributed by atoms with Gasteiger partial charge >= 0.3 is 0 Å². The number of hydrogen-bond acceptors (Lipinski definition) is 4. The molecule has 1 atom stereocenters. The number of hydrogen-bond donors (Lipinski definition) is 1. The zero-order chi connectivity index (χ0) is 15.5. The molecule has 0 spiro atoms. The van der Waals surface area contributed by atoms with Crippen LogP contribution in [0.4, 0.5) is 0 Å². The van der Waals surface area contributed by atoms with Gasteiger partial charge in [-0.1, -0.05) is 26.0 Å². The molecule has 0 aliphatic heterocycles. The lowest BCUT2D eigenvalue weighted by atomic mass is 10.1. The smallest absolute Gasteiger partial charge is 0.283 e. The molecule has 0 saturated carbocycles. The van der Waals surface area contributed by atoms with E-state index >= 15 is 0 Å². The Kier molecular flexibility index (Phi) is 4.82. The predicted octanol–water partition coefficient (Wildman–Crippen LogP) is 1.70. The zero-order valence-electron chi connectivity index (χ0n) is 12.3. The van der Waals surface area contributed by atoms with Crippen LogP contribution in [-0.4, -0.2) is 23.9 Å². The first-order valence-electron chi connectivity index (χ1n) is 7.11. The molecule has 0 saturated heterocycles. The molecule has 116 valence electrons. The van der Waals surface area contributed by atoms with E-state index in [1.807, 2.05) is 26.0 Å². The van der Waals surface area contributed by atoms with Crippen LogP contribution in [-0.2, 0) is 21.4 Å². The number of carbonyl (C=O) groups excluding carboxylic acids is 1. The molecule has 1 heterocycles. The van der Waals surface area contributed by atoms with Gasteiger partial charge in [-0.05, 0) is 24.7 Å². The van der Waals surface area contributed by atoms with E-state index < -0.39 is 15.9 Å². The second-order valence-electron chi connectivity index (χ2n) is 5.80. The van der Waals surface area contributed by atoms with Gasteiger partial charge in [0, 0.05) is 19.2 Å². The van der Waals surface area contributed by atoms with Crippen LogP contribution in [0.25, 0.3) is 0 Å². The minimum atomic E-state index is -3.87. The van der Waals surface area contributed by atoms with E-state index in [2.05, 4.69) is 9.71 Å². The second kappa shape index (κ2) is 6.43. The highest BCUT2D eigenvalue weighted by Crippen LogP contribution is 2.20. The molecule has 6 nitrogen and oxygen atoms in total. The SMILES string of the molecule is CC(C)Cn1cnc(S(=O)(=O)NC(=O)C[C@H]2C=CCC2)c1. The minimum absolute atomic E-state index is 0.113. The van der Waals surface area contributed by atoms with Crippen LogP contribution in [0.3, 0.4) is 0 Å². The highest BCUT2D eigenvalue weighted by molar-refractivity contribution is 7.90. The van der Waals surface area contributed by atoms with Crippen LogP contribution in [0.1, 0.15) is 33.1 Å². The summed E-state index contributed by atoms with van der Waals surface area (Å²) >= 11 is 0. The maximum Gasteiger partial charge on any atom is 0.283 e. The van der Waals surface area contributed by atoms with Gasteiger partial charge in [-0.2, -0.15) is 8.42 Å². The number of nitrogens with zero attached hydrogens (tertiary/aromatic N) is 2. The third-order valence-corrected chi connectivity index (χ3v) is 4.53. The lowest BCUT2D eigenvalue weighted by Gasteiger charge is -2.08. The van der Waals surface area contributed by atoms with E-state index in [9.17, 15) is 13.2 Å². The van der Waals surface area contributed by atoms with Crippen molar-refractivity contribution in [2.24, 2.45) is 11.8 Å². The number of amides is 1. The summed E-state index contributed by atoms with van der Waals surface area (Å²) in [7, 11) is -3.87. The monoisotopic (exact) mass is 311 g/mol. The van der Waals surface area contributed by atoms with E-state index in [4.69, 9.17) is 0 Å². The van der Waals surface area contributed by atoms with Gasteiger partial charge in [0.05, 0.1) is 6.33 Å². The standard InChI is InChI=1S/C14H21N3O3S/c1-11(2)8-17-9-14(15-10-17)21(19,20)16-13(18)7-12-5-3-4-6-12/h3,5,9-12H,4,6-8H2,1-2H3,(H,16,18)/t12-/m0/s1. The molecule has 0 fully saturated rings. The van der Waals surface area contributed by atoms with Gasteiger partial charge in [0.15, 0.2) is 5.03 Å². The number of sulfonamides is 1. The van der Waals surface area contributed by atoms with Gasteiger partial charge < -0.3 is 4.57 Å². The minimum Gasteiger partial charge on any atom is -0.336 e. The number of carbonyl (C=O) groups is 1. The van der Waals surface area contributed by atoms with Crippen molar-refractivity contribution in [2.45, 2.75) is 44.7 Å². The molecule has 0 radical (unpaired) electrons. The fourth-order valence-electron chi connectivity index (χ4n) is 2.35. The van der Waals surface area contributed by atoms with Gasteiger partial charge in [0.1, 0.15) is 0 Å². The normalized spacial score (nSPS) is 18.3. The van der Waals surface area contributed by atoms with Crippen LogP contribution < -0.4 is 4.72 Å². The first-order chi connectivity index (χ1) is 9.87. The maximum atomic E-state index is 12.1. The summed E-state index contributed by atoms with van der Waals surface area (Å²) in [5.74, 6) is 0.0437. The summed E-state index contributed by atoms with van der Waals surface area (Å²) in [4.78, 5) is 15.7. The van der Waals surface area contributed by atoms with E-state index in [0.717, 1.165) is 12.8 Å². The predicted molar refractivity (Wildman–Crippen MR) is 78.9 cm³/mol. The maximum absolute atomic E-state index is 12.1. The molecule has 1 aromatic rings. The third-order valence-electron chi connectivity index (χ3n) is 3.27. The summed E-state index contributed by atoms with van der Waals surface area (Å²) in [6.45, 7) is 4.75. The van der Waals surface area contributed by atoms with Gasteiger partial charge in [-0.15, -0.1) is 0 Å². The van der Waals surface area contributed by atoms with Crippen molar-refractivity contribution >= 4 is 15.9 Å². The quantitative estimate of drug-likeness (QED) is 0.811. The largest absolute Gasteiger partial charge is 0.336 e. The van der Waals surface area contributed by atoms with E-state index in [1.54, 1.807) is 4.57 Å². The van der Waals surface area contributed by atoms with Crippen LogP contribution in [0.15, 0.2) is 29.7 Å². The summed E-state index contributed by atoms with van der Waals surface area (Å²) < 4.78 is 28.0. The van der Waals surface area contributed by atoms with Crippen LogP contribution in [0.2, 0.25) is 0 Å². The molecular weight excluding hydrogens is 290 g/mol. The number of allylic oxidation sites excluding steroid dienone is 2. The highest BCUT2D eigenvalue weighted by Gasteiger charge is 2.22. The van der Waals surface area contributed by atoms with Crippen molar-refractivity contribution < 1.29 is 13.2 Å². The first-order valence-corrected chi connectivity index (χ1v) is 8.59. The molecule has 1 aromatic heterocycles. The Balaban J connectivity index is 1.98. The molecule has 0 bridgehead atoms. The molecule has 0 unspecified atom stereocenters. The van der Waals surface area contributed by atoms with E-state index in [1.165, 1.54) is 12.5 Å². The summed E-state index contributed by atoms with van der Waals surface area (Å²) in [6, 6.07) is 0. The topological polar surface area (TPSA) is 81.1 Å². The van der Waals surface area contributed by atoms with Crippen molar-refractivity contribution in [1.82, 2.24) is 14.3 Å². The fraction of sp³-hybridized carbons (Fsp3) is 0.571. The molecule has 1 aliphatic carbocycles. The van der Waals surface area contributed by atoms with E-state index in [0.29, 0.717) is 12.5 Å². The van der Waals surface area contributed by atoms with Crippen LogP contribution in [0, 0.1) is 11.8 Å². The summed E-state index contributed by atoms with van der Waals surface area (Å²) in [6.07, 6.45) is 8.94. The molecule has 7 heteroatoms. The summed E-state index contributed by atoms with van der Waals surface area (Å²) in [5, 5.41) is -0.113. The molecular formula is C14H21N3O3S. The van der Waals surface area contributed by atoms with Crippen molar-refractivity contribution in [3.63, 3.8) is 0 Å². The summed E-state index contributed by atoms with van der Waals surface area (Å²) in [5.41, 5.74) is 0. The Morgan fingerprint density at radius 2 is 2.29 bits per heavy atom. The molecule has 1 amide bonds. The van der Waals surface area contributed by atoms with Gasteiger partial charge in [0.2, 0.25) is 5.91 Å². The Bertz CT molecular complexity index is 632. The Hall–Kier alpha value is -1.63. The van der Waals surface area contributed by atoms with Gasteiger partial charge in [-0.25, -0.2) is 9.71 Å². The van der Waals surface area contributed by atoms with Crippen molar-refractivity contribution in [1.29, 1.82) is 0 Å². The molecule has 1 N–H and O–H groups in total. The third kappa shape index (κ3) is 4.42. The van der Waals surface area contributed by atoms with E-state index in [-0.39, 0.29) is 17.4 Å². The van der Waals surface area contributed by atoms with Gasteiger partial charge in [0.25, 0.3) is 10.0 Å². The average Bonchev–Trinajstić information content (AvgIpc) is 2.98. The lowest BCUT2D eigenvalue weighted by molar-refractivity contribution is -0.119.